The molecule has 5 nitrogen and oxygen atoms in total. The van der Waals surface area contributed by atoms with Crippen molar-refractivity contribution in [2.24, 2.45) is 7.05 Å². The summed E-state index contributed by atoms with van der Waals surface area (Å²) in [5, 5.41) is 0. The summed E-state index contributed by atoms with van der Waals surface area (Å²) in [6.45, 7) is 1.98. The fraction of sp³-hybridized carbons (Fsp3) is 0.312. The number of benzene rings is 1. The molecule has 0 saturated carbocycles. The normalized spacial score (nSPS) is 10.6. The molecule has 0 atom stereocenters. The Bertz CT molecular complexity index is 754. The van der Waals surface area contributed by atoms with E-state index >= 15 is 0 Å². The standard InChI is InChI=1S/C16H18N2O3/c1-3-4-12-5-7-13(8-6-12)14(19)11-18-10-9-17(2)15(20)16(18)21/h5-10H,3-4,11H2,1-2H3. The lowest BCUT2D eigenvalue weighted by Gasteiger charge is -2.06. The van der Waals surface area contributed by atoms with E-state index in [1.807, 2.05) is 12.1 Å². The van der Waals surface area contributed by atoms with Gasteiger partial charge in [-0.05, 0) is 12.0 Å². The highest BCUT2D eigenvalue weighted by molar-refractivity contribution is 5.95. The minimum absolute atomic E-state index is 0.123. The van der Waals surface area contributed by atoms with Crippen LogP contribution in [0.25, 0.3) is 0 Å². The van der Waals surface area contributed by atoms with Gasteiger partial charge in [0.25, 0.3) is 0 Å². The van der Waals surface area contributed by atoms with E-state index in [0.717, 1.165) is 17.4 Å². The Labute approximate surface area is 122 Å². The van der Waals surface area contributed by atoms with Crippen molar-refractivity contribution >= 4 is 5.78 Å². The van der Waals surface area contributed by atoms with E-state index in [9.17, 15) is 14.4 Å². The minimum atomic E-state index is -0.684. The summed E-state index contributed by atoms with van der Waals surface area (Å²) < 4.78 is 2.34. The highest BCUT2D eigenvalue weighted by Gasteiger charge is 2.09. The van der Waals surface area contributed by atoms with Gasteiger partial charge in [0.15, 0.2) is 5.78 Å². The number of nitrogens with zero attached hydrogens (tertiary/aromatic N) is 2. The number of hydrogen-bond acceptors (Lipinski definition) is 3. The number of carbonyl (C=O) groups is 1. The monoisotopic (exact) mass is 286 g/mol. The third kappa shape index (κ3) is 3.37. The Morgan fingerprint density at radius 2 is 1.71 bits per heavy atom. The molecular formula is C16H18N2O3. The first-order chi connectivity index (χ1) is 10.0. The predicted molar refractivity (Wildman–Crippen MR) is 80.7 cm³/mol. The van der Waals surface area contributed by atoms with E-state index in [2.05, 4.69) is 6.92 Å². The molecule has 0 bridgehead atoms. The zero-order valence-electron chi connectivity index (χ0n) is 12.2. The summed E-state index contributed by atoms with van der Waals surface area (Å²) in [5.74, 6) is -0.187. The van der Waals surface area contributed by atoms with E-state index < -0.39 is 11.1 Å². The summed E-state index contributed by atoms with van der Waals surface area (Å²) in [4.78, 5) is 35.5. The molecule has 0 spiro atoms. The fourth-order valence-corrected chi connectivity index (χ4v) is 2.11. The number of aromatic nitrogens is 2. The number of Topliss-reactive ketones (excluding diaryl/α,β-unsaturated/α-hetero) is 1. The molecule has 1 aromatic carbocycles. The minimum Gasteiger partial charge on any atom is -0.312 e. The van der Waals surface area contributed by atoms with Crippen molar-refractivity contribution in [2.75, 3.05) is 0 Å². The number of ketones is 1. The average molecular weight is 286 g/mol. The molecule has 0 radical (unpaired) electrons. The van der Waals surface area contributed by atoms with Crippen LogP contribution in [0, 0.1) is 0 Å². The molecule has 0 N–H and O–H groups in total. The van der Waals surface area contributed by atoms with Crippen molar-refractivity contribution in [1.29, 1.82) is 0 Å². The summed E-state index contributed by atoms with van der Waals surface area (Å²) >= 11 is 0. The number of aryl methyl sites for hydroxylation is 2. The Morgan fingerprint density at radius 3 is 2.33 bits per heavy atom. The fourth-order valence-electron chi connectivity index (χ4n) is 2.11. The van der Waals surface area contributed by atoms with Gasteiger partial charge in [0.2, 0.25) is 0 Å². The molecular weight excluding hydrogens is 268 g/mol. The van der Waals surface area contributed by atoms with Crippen molar-refractivity contribution in [3.63, 3.8) is 0 Å². The van der Waals surface area contributed by atoms with Crippen LogP contribution in [0.15, 0.2) is 46.2 Å². The molecule has 0 aliphatic heterocycles. The Kier molecular flexibility index (Phi) is 4.52. The molecule has 21 heavy (non-hydrogen) atoms. The van der Waals surface area contributed by atoms with Crippen molar-refractivity contribution in [1.82, 2.24) is 9.13 Å². The third-order valence-corrected chi connectivity index (χ3v) is 3.36. The second-order valence-corrected chi connectivity index (χ2v) is 5.02. The molecule has 0 aliphatic carbocycles. The van der Waals surface area contributed by atoms with E-state index in [1.54, 1.807) is 12.1 Å². The van der Waals surface area contributed by atoms with Gasteiger partial charge in [-0.15, -0.1) is 0 Å². The molecule has 1 aromatic heterocycles. The van der Waals surface area contributed by atoms with Gasteiger partial charge in [-0.25, -0.2) is 0 Å². The smallest absolute Gasteiger partial charge is 0.312 e. The molecule has 2 rings (SSSR count). The first-order valence-electron chi connectivity index (χ1n) is 6.91. The van der Waals surface area contributed by atoms with Crippen LogP contribution in [0.4, 0.5) is 0 Å². The molecule has 0 aliphatic rings. The van der Waals surface area contributed by atoms with Crippen LogP contribution in [0.2, 0.25) is 0 Å². The van der Waals surface area contributed by atoms with Crippen LogP contribution in [-0.4, -0.2) is 14.9 Å². The maximum Gasteiger partial charge on any atom is 0.316 e. The zero-order valence-corrected chi connectivity index (χ0v) is 12.2. The van der Waals surface area contributed by atoms with Gasteiger partial charge in [-0.3, -0.25) is 14.4 Å². The van der Waals surface area contributed by atoms with Crippen molar-refractivity contribution in [2.45, 2.75) is 26.3 Å². The lowest BCUT2D eigenvalue weighted by Crippen LogP contribution is -2.40. The molecule has 1 heterocycles. The average Bonchev–Trinajstić information content (AvgIpc) is 2.49. The summed E-state index contributed by atoms with van der Waals surface area (Å²) in [6.07, 6.45) is 4.95. The molecule has 0 fully saturated rings. The Hall–Kier alpha value is -2.43. The van der Waals surface area contributed by atoms with Gasteiger partial charge in [0.1, 0.15) is 0 Å². The molecule has 0 saturated heterocycles. The van der Waals surface area contributed by atoms with E-state index in [4.69, 9.17) is 0 Å². The lowest BCUT2D eigenvalue weighted by molar-refractivity contribution is 0.0970. The van der Waals surface area contributed by atoms with Crippen LogP contribution in [-0.2, 0) is 20.0 Å². The van der Waals surface area contributed by atoms with Gasteiger partial charge in [0, 0.05) is 25.0 Å². The summed E-state index contributed by atoms with van der Waals surface area (Å²) in [6, 6.07) is 7.37. The van der Waals surface area contributed by atoms with Crippen molar-refractivity contribution in [3.05, 3.63) is 68.5 Å². The van der Waals surface area contributed by atoms with Crippen molar-refractivity contribution in [3.8, 4) is 0 Å². The SMILES string of the molecule is CCCc1ccc(C(=O)Cn2ccn(C)c(=O)c2=O)cc1. The molecule has 0 unspecified atom stereocenters. The van der Waals surface area contributed by atoms with E-state index in [1.165, 1.54) is 29.6 Å². The van der Waals surface area contributed by atoms with Crippen LogP contribution in [0.5, 0.6) is 0 Å². The predicted octanol–water partition coefficient (Wildman–Crippen LogP) is 1.38. The number of carbonyl (C=O) groups excluding carboxylic acids is 1. The summed E-state index contributed by atoms with van der Waals surface area (Å²) in [7, 11) is 1.50. The first kappa shape index (κ1) is 15.0. The topological polar surface area (TPSA) is 61.1 Å². The van der Waals surface area contributed by atoms with Gasteiger partial charge in [-0.1, -0.05) is 37.6 Å². The van der Waals surface area contributed by atoms with Gasteiger partial charge in [0.05, 0.1) is 6.54 Å². The first-order valence-corrected chi connectivity index (χ1v) is 6.91. The van der Waals surface area contributed by atoms with E-state index in [0.29, 0.717) is 5.56 Å². The number of hydrogen-bond donors (Lipinski definition) is 0. The highest BCUT2D eigenvalue weighted by atomic mass is 16.2. The Balaban J connectivity index is 2.20. The number of rotatable bonds is 5. The van der Waals surface area contributed by atoms with Crippen LogP contribution >= 0.6 is 0 Å². The Morgan fingerprint density at radius 1 is 1.05 bits per heavy atom. The largest absolute Gasteiger partial charge is 0.316 e. The molecule has 2 aromatic rings. The van der Waals surface area contributed by atoms with Crippen LogP contribution < -0.4 is 11.1 Å². The van der Waals surface area contributed by atoms with Gasteiger partial charge >= 0.3 is 11.1 Å². The third-order valence-electron chi connectivity index (χ3n) is 3.36. The second-order valence-electron chi connectivity index (χ2n) is 5.02. The quantitative estimate of drug-likeness (QED) is 0.616. The van der Waals surface area contributed by atoms with E-state index in [-0.39, 0.29) is 12.3 Å². The molecule has 5 heteroatoms. The van der Waals surface area contributed by atoms with Crippen LogP contribution in [0.3, 0.4) is 0 Å². The summed E-state index contributed by atoms with van der Waals surface area (Å²) in [5.41, 5.74) is 0.404. The maximum absolute atomic E-state index is 12.2. The molecule has 110 valence electrons. The van der Waals surface area contributed by atoms with Crippen LogP contribution in [0.1, 0.15) is 29.3 Å². The van der Waals surface area contributed by atoms with Gasteiger partial charge < -0.3 is 9.13 Å². The molecule has 0 amide bonds. The van der Waals surface area contributed by atoms with Gasteiger partial charge in [-0.2, -0.15) is 0 Å². The maximum atomic E-state index is 12.2. The lowest BCUT2D eigenvalue weighted by atomic mass is 10.1. The highest BCUT2D eigenvalue weighted by Crippen LogP contribution is 2.08. The van der Waals surface area contributed by atoms with Crippen molar-refractivity contribution < 1.29 is 4.79 Å². The second kappa shape index (κ2) is 6.35. The zero-order chi connectivity index (χ0) is 15.4.